The zero-order chi connectivity index (χ0) is 30.5. The summed E-state index contributed by atoms with van der Waals surface area (Å²) in [5, 5.41) is 3.56. The van der Waals surface area contributed by atoms with Gasteiger partial charge in [0.2, 0.25) is 11.8 Å². The Morgan fingerprint density at radius 3 is 2.22 bits per heavy atom. The van der Waals surface area contributed by atoms with Gasteiger partial charge in [-0.2, -0.15) is 0 Å². The summed E-state index contributed by atoms with van der Waals surface area (Å²) in [5.74, 6) is -0.820. The Labute approximate surface area is 252 Å². The van der Waals surface area contributed by atoms with Crippen LogP contribution < -0.4 is 14.4 Å². The molecule has 1 N–H and O–H groups in total. The molecule has 0 aliphatic rings. The van der Waals surface area contributed by atoms with Gasteiger partial charge < -0.3 is 15.0 Å². The molecule has 1 atom stereocenters. The van der Waals surface area contributed by atoms with E-state index in [0.717, 1.165) is 9.87 Å². The monoisotopic (exact) mass is 619 g/mol. The number of hydrogen-bond acceptors (Lipinski definition) is 5. The van der Waals surface area contributed by atoms with Gasteiger partial charge in [-0.1, -0.05) is 59.1 Å². The molecule has 0 saturated heterocycles. The first-order chi connectivity index (χ1) is 19.1. The van der Waals surface area contributed by atoms with Crippen LogP contribution in [0.2, 0.25) is 10.0 Å². The van der Waals surface area contributed by atoms with Crippen molar-refractivity contribution in [3.8, 4) is 5.75 Å². The van der Waals surface area contributed by atoms with Gasteiger partial charge >= 0.3 is 0 Å². The van der Waals surface area contributed by atoms with E-state index in [1.807, 2.05) is 27.7 Å². The molecule has 0 saturated carbocycles. The average molecular weight is 621 g/mol. The minimum Gasteiger partial charge on any atom is -0.495 e. The molecule has 11 heteroatoms. The molecule has 0 unspecified atom stereocenters. The highest BCUT2D eigenvalue weighted by Gasteiger charge is 2.34. The van der Waals surface area contributed by atoms with Crippen LogP contribution in [0.1, 0.15) is 38.8 Å². The maximum atomic E-state index is 14.1. The van der Waals surface area contributed by atoms with Gasteiger partial charge in [0.05, 0.1) is 17.7 Å². The number of nitrogens with zero attached hydrogens (tertiary/aromatic N) is 2. The largest absolute Gasteiger partial charge is 0.495 e. The fourth-order valence-corrected chi connectivity index (χ4v) is 5.85. The second kappa shape index (κ2) is 13.1. The Morgan fingerprint density at radius 2 is 1.63 bits per heavy atom. The molecule has 41 heavy (non-hydrogen) atoms. The quantitative estimate of drug-likeness (QED) is 0.308. The van der Waals surface area contributed by atoms with Gasteiger partial charge in [-0.3, -0.25) is 13.9 Å². The number of benzene rings is 3. The number of carbonyl (C=O) groups excluding carboxylic acids is 2. The van der Waals surface area contributed by atoms with Crippen LogP contribution in [0.15, 0.2) is 71.6 Å². The van der Waals surface area contributed by atoms with Crippen LogP contribution in [0.25, 0.3) is 0 Å². The Kier molecular flexibility index (Phi) is 10.3. The van der Waals surface area contributed by atoms with Crippen molar-refractivity contribution in [2.75, 3.05) is 18.0 Å². The number of anilines is 1. The van der Waals surface area contributed by atoms with Gasteiger partial charge in [0.1, 0.15) is 18.3 Å². The van der Waals surface area contributed by atoms with Crippen LogP contribution in [0, 0.1) is 6.92 Å². The molecule has 8 nitrogen and oxygen atoms in total. The third-order valence-electron chi connectivity index (χ3n) is 6.26. The van der Waals surface area contributed by atoms with Crippen LogP contribution in [0.3, 0.4) is 0 Å². The first-order valence-electron chi connectivity index (χ1n) is 12.9. The predicted octanol–water partition coefficient (Wildman–Crippen LogP) is 5.84. The number of aryl methyl sites for hydroxylation is 1. The van der Waals surface area contributed by atoms with Crippen molar-refractivity contribution in [2.24, 2.45) is 0 Å². The minimum atomic E-state index is -4.28. The summed E-state index contributed by atoms with van der Waals surface area (Å²) in [7, 11) is -2.89. The molecule has 0 aliphatic heterocycles. The highest BCUT2D eigenvalue weighted by Crippen LogP contribution is 2.35. The van der Waals surface area contributed by atoms with E-state index < -0.39 is 40.0 Å². The molecule has 3 rings (SSSR count). The van der Waals surface area contributed by atoms with Gasteiger partial charge in [0, 0.05) is 22.1 Å². The first kappa shape index (κ1) is 32.2. The van der Waals surface area contributed by atoms with Crippen molar-refractivity contribution in [2.45, 2.75) is 57.6 Å². The highest BCUT2D eigenvalue weighted by molar-refractivity contribution is 7.92. The number of methoxy groups -OCH3 is 1. The van der Waals surface area contributed by atoms with E-state index in [1.54, 1.807) is 49.4 Å². The Hall–Kier alpha value is -3.27. The number of carbonyl (C=O) groups is 2. The van der Waals surface area contributed by atoms with Gasteiger partial charge in [0.15, 0.2) is 0 Å². The summed E-state index contributed by atoms with van der Waals surface area (Å²) in [4.78, 5) is 28.6. The van der Waals surface area contributed by atoms with Crippen molar-refractivity contribution in [3.05, 3.63) is 87.9 Å². The number of hydrogen-bond donors (Lipinski definition) is 1. The molecule has 0 bridgehead atoms. The van der Waals surface area contributed by atoms with Gasteiger partial charge in [-0.25, -0.2) is 8.42 Å². The summed E-state index contributed by atoms with van der Waals surface area (Å²) in [5.41, 5.74) is 1.00. The topological polar surface area (TPSA) is 96.0 Å². The molecule has 0 aromatic heterocycles. The summed E-state index contributed by atoms with van der Waals surface area (Å²) in [6.07, 6.45) is 0. The molecule has 2 amide bonds. The van der Waals surface area contributed by atoms with E-state index >= 15 is 0 Å². The van der Waals surface area contributed by atoms with Crippen LogP contribution >= 0.6 is 23.2 Å². The third-order valence-corrected chi connectivity index (χ3v) is 8.64. The molecular weight excluding hydrogens is 585 g/mol. The summed E-state index contributed by atoms with van der Waals surface area (Å²) in [6.45, 7) is 8.27. The summed E-state index contributed by atoms with van der Waals surface area (Å²) < 4.78 is 34.5. The van der Waals surface area contributed by atoms with Crippen molar-refractivity contribution in [1.82, 2.24) is 10.2 Å². The van der Waals surface area contributed by atoms with Crippen molar-refractivity contribution >= 4 is 50.7 Å². The summed E-state index contributed by atoms with van der Waals surface area (Å²) in [6, 6.07) is 16.8. The highest BCUT2D eigenvalue weighted by atomic mass is 35.5. The second-order valence-corrected chi connectivity index (χ2v) is 13.4. The fraction of sp³-hybridized carbons (Fsp3) is 0.333. The van der Waals surface area contributed by atoms with Crippen molar-refractivity contribution in [1.29, 1.82) is 0 Å². The molecule has 0 radical (unpaired) electrons. The maximum absolute atomic E-state index is 14.1. The van der Waals surface area contributed by atoms with Crippen LogP contribution in [-0.2, 0) is 26.2 Å². The Balaban J connectivity index is 2.12. The number of ether oxygens (including phenoxy) is 1. The number of amides is 2. The average Bonchev–Trinajstić information content (AvgIpc) is 2.90. The molecule has 0 heterocycles. The molecule has 0 spiro atoms. The SMILES string of the molecule is COc1ccc(Cl)cc1N(CC(=O)N(Cc1ccccc1Cl)[C@H](C)C(=O)NC(C)(C)C)S(=O)(=O)c1ccc(C)cc1. The van der Waals surface area contributed by atoms with Gasteiger partial charge in [-0.05, 0) is 76.6 Å². The zero-order valence-corrected chi connectivity index (χ0v) is 26.3. The number of rotatable bonds is 10. The van der Waals surface area contributed by atoms with Crippen LogP contribution in [-0.4, -0.2) is 50.4 Å². The van der Waals surface area contributed by atoms with E-state index in [2.05, 4.69) is 5.32 Å². The summed E-state index contributed by atoms with van der Waals surface area (Å²) >= 11 is 12.7. The van der Waals surface area contributed by atoms with E-state index in [-0.39, 0.29) is 27.9 Å². The van der Waals surface area contributed by atoms with E-state index in [1.165, 1.54) is 36.3 Å². The lowest BCUT2D eigenvalue weighted by atomic mass is 10.1. The predicted molar refractivity (Wildman–Crippen MR) is 163 cm³/mol. The lowest BCUT2D eigenvalue weighted by Gasteiger charge is -2.34. The zero-order valence-electron chi connectivity index (χ0n) is 23.9. The van der Waals surface area contributed by atoms with Gasteiger partial charge in [-0.15, -0.1) is 0 Å². The molecular formula is C30H35Cl2N3O5S. The maximum Gasteiger partial charge on any atom is 0.264 e. The fourth-order valence-electron chi connectivity index (χ4n) is 4.08. The Morgan fingerprint density at radius 1 is 1.00 bits per heavy atom. The van der Waals surface area contributed by atoms with Crippen molar-refractivity contribution < 1.29 is 22.7 Å². The van der Waals surface area contributed by atoms with Crippen LogP contribution in [0.5, 0.6) is 5.75 Å². The molecule has 0 fully saturated rings. The lowest BCUT2D eigenvalue weighted by molar-refractivity contribution is -0.140. The van der Waals surface area contributed by atoms with E-state index in [0.29, 0.717) is 10.6 Å². The molecule has 0 aliphatic carbocycles. The second-order valence-electron chi connectivity index (χ2n) is 10.7. The third kappa shape index (κ3) is 8.15. The number of nitrogens with one attached hydrogen (secondary N) is 1. The Bertz CT molecular complexity index is 1510. The van der Waals surface area contributed by atoms with Gasteiger partial charge in [0.25, 0.3) is 10.0 Å². The first-order valence-corrected chi connectivity index (χ1v) is 15.1. The normalized spacial score (nSPS) is 12.4. The smallest absolute Gasteiger partial charge is 0.264 e. The van der Waals surface area contributed by atoms with E-state index in [9.17, 15) is 18.0 Å². The lowest BCUT2D eigenvalue weighted by Crippen LogP contribution is -2.54. The molecule has 3 aromatic carbocycles. The number of halogens is 2. The van der Waals surface area contributed by atoms with Crippen LogP contribution in [0.4, 0.5) is 5.69 Å². The minimum absolute atomic E-state index is 0.0193. The van der Waals surface area contributed by atoms with Crippen molar-refractivity contribution in [3.63, 3.8) is 0 Å². The van der Waals surface area contributed by atoms with E-state index in [4.69, 9.17) is 27.9 Å². The molecule has 3 aromatic rings. The standard InChI is InChI=1S/C30H35Cl2N3O5S/c1-20-11-14-24(15-12-20)41(38,39)35(26-17-23(31)13-16-27(26)40-6)19-28(36)34(18-22-9-7-8-10-25(22)32)21(2)29(37)33-30(3,4)5/h7-17,21H,18-19H2,1-6H3,(H,33,37)/t21-/m1/s1. The number of sulfonamides is 1. The molecule has 220 valence electrons.